The molecule has 2 heterocycles. The second-order valence-corrected chi connectivity index (χ2v) is 9.70. The maximum Gasteiger partial charge on any atom is 0.264 e. The predicted octanol–water partition coefficient (Wildman–Crippen LogP) is 4.53. The Kier molecular flexibility index (Phi) is 5.81. The first-order chi connectivity index (χ1) is 14.9. The topological polar surface area (TPSA) is 83.8 Å². The molecule has 1 N–H and O–H groups in total. The van der Waals surface area contributed by atoms with E-state index >= 15 is 0 Å². The number of anilines is 2. The van der Waals surface area contributed by atoms with E-state index in [2.05, 4.69) is 10.3 Å². The average Bonchev–Trinajstić information content (AvgIpc) is 3.33. The van der Waals surface area contributed by atoms with E-state index in [4.69, 9.17) is 11.6 Å². The summed E-state index contributed by atoms with van der Waals surface area (Å²) in [6.07, 6.45) is 4.70. The van der Waals surface area contributed by atoms with Crippen LogP contribution < -0.4 is 9.62 Å². The summed E-state index contributed by atoms with van der Waals surface area (Å²) >= 11 is 7.56. The van der Waals surface area contributed by atoms with Crippen molar-refractivity contribution in [3.8, 4) is 0 Å². The van der Waals surface area contributed by atoms with Gasteiger partial charge in [0.1, 0.15) is 0 Å². The Morgan fingerprint density at radius 2 is 1.97 bits per heavy atom. The second kappa shape index (κ2) is 8.54. The summed E-state index contributed by atoms with van der Waals surface area (Å²) in [6.45, 7) is 0. The van der Waals surface area contributed by atoms with E-state index in [9.17, 15) is 13.2 Å². The summed E-state index contributed by atoms with van der Waals surface area (Å²) in [7, 11) is -2.30. The highest BCUT2D eigenvalue weighted by Crippen LogP contribution is 2.24. The van der Waals surface area contributed by atoms with Gasteiger partial charge >= 0.3 is 0 Å². The minimum Gasteiger partial charge on any atom is -0.322 e. The molecule has 0 spiro atoms. The van der Waals surface area contributed by atoms with Crippen LogP contribution in [0.1, 0.15) is 5.69 Å². The number of benzene rings is 2. The Morgan fingerprint density at radius 1 is 1.19 bits per heavy atom. The van der Waals surface area contributed by atoms with E-state index in [1.165, 1.54) is 40.9 Å². The second-order valence-electron chi connectivity index (χ2n) is 6.50. The Hall–Kier alpha value is -3.14. The van der Waals surface area contributed by atoms with Crippen molar-refractivity contribution in [1.82, 2.24) is 9.38 Å². The van der Waals surface area contributed by atoms with E-state index < -0.39 is 15.9 Å². The quantitative estimate of drug-likeness (QED) is 0.418. The van der Waals surface area contributed by atoms with Crippen molar-refractivity contribution in [1.29, 1.82) is 0 Å². The van der Waals surface area contributed by atoms with Gasteiger partial charge in [-0.2, -0.15) is 0 Å². The molecule has 0 radical (unpaired) electrons. The molecule has 4 rings (SSSR count). The van der Waals surface area contributed by atoms with E-state index in [1.54, 1.807) is 46.9 Å². The fourth-order valence-electron chi connectivity index (χ4n) is 2.93. The van der Waals surface area contributed by atoms with Crippen molar-refractivity contribution in [3.05, 3.63) is 83.1 Å². The number of thiazole rings is 1. The van der Waals surface area contributed by atoms with Gasteiger partial charge in [-0.15, -0.1) is 11.3 Å². The molecule has 7 nitrogen and oxygen atoms in total. The molecule has 0 aliphatic rings. The first kappa shape index (κ1) is 21.1. The fraction of sp³-hybridized carbons (Fsp3) is 0.0476. The van der Waals surface area contributed by atoms with E-state index in [-0.39, 0.29) is 4.90 Å². The van der Waals surface area contributed by atoms with Crippen molar-refractivity contribution < 1.29 is 13.2 Å². The highest BCUT2D eigenvalue weighted by Gasteiger charge is 2.21. The van der Waals surface area contributed by atoms with Gasteiger partial charge in [0.05, 0.1) is 16.3 Å². The number of halogens is 1. The number of fused-ring (bicyclic) bond motifs is 1. The molecule has 0 aliphatic heterocycles. The zero-order valence-electron chi connectivity index (χ0n) is 16.3. The van der Waals surface area contributed by atoms with Gasteiger partial charge in [0.25, 0.3) is 10.0 Å². The number of carbonyl (C=O) groups excluding carboxylic acids is 1. The van der Waals surface area contributed by atoms with Crippen molar-refractivity contribution in [2.45, 2.75) is 4.90 Å². The zero-order chi connectivity index (χ0) is 22.0. The number of sulfonamides is 1. The van der Waals surface area contributed by atoms with Gasteiger partial charge in [-0.25, -0.2) is 13.4 Å². The fourth-order valence-corrected chi connectivity index (χ4v) is 5.18. The van der Waals surface area contributed by atoms with Crippen LogP contribution in [0.5, 0.6) is 0 Å². The summed E-state index contributed by atoms with van der Waals surface area (Å²) in [4.78, 5) is 17.4. The summed E-state index contributed by atoms with van der Waals surface area (Å²) in [5.41, 5.74) is 1.49. The highest BCUT2D eigenvalue weighted by molar-refractivity contribution is 7.92. The number of nitrogens with one attached hydrogen (secondary N) is 1. The summed E-state index contributed by atoms with van der Waals surface area (Å²) < 4.78 is 28.9. The standard InChI is InChI=1S/C21H17ClN4O3S2/c1-25(16-7-3-2-4-8-16)31(28,29)17-9-5-6-15(14-17)23-19(27)11-10-18-20(22)24-21-26(18)12-13-30-21/h2-14H,1H3,(H,23,27)/b11-10+. The lowest BCUT2D eigenvalue weighted by Gasteiger charge is -2.19. The number of amides is 1. The third-order valence-electron chi connectivity index (χ3n) is 4.53. The van der Waals surface area contributed by atoms with Gasteiger partial charge < -0.3 is 5.32 Å². The molecule has 0 atom stereocenters. The zero-order valence-corrected chi connectivity index (χ0v) is 18.7. The van der Waals surface area contributed by atoms with Crippen LogP contribution in [0.25, 0.3) is 11.0 Å². The molecular formula is C21H17ClN4O3S2. The summed E-state index contributed by atoms with van der Waals surface area (Å²) in [5.74, 6) is -0.424. The number of hydrogen-bond acceptors (Lipinski definition) is 5. The Balaban J connectivity index is 1.52. The molecule has 10 heteroatoms. The van der Waals surface area contributed by atoms with Crippen LogP contribution >= 0.6 is 22.9 Å². The van der Waals surface area contributed by atoms with E-state index in [1.807, 2.05) is 17.6 Å². The SMILES string of the molecule is CN(c1ccccc1)S(=O)(=O)c1cccc(NC(=O)/C=C/c2c(Cl)nc3sccn23)c1. The van der Waals surface area contributed by atoms with Crippen molar-refractivity contribution >= 4 is 61.3 Å². The lowest BCUT2D eigenvalue weighted by Crippen LogP contribution is -2.26. The number of hydrogen-bond donors (Lipinski definition) is 1. The molecule has 0 bridgehead atoms. The smallest absolute Gasteiger partial charge is 0.264 e. The van der Waals surface area contributed by atoms with Gasteiger partial charge in [0.15, 0.2) is 10.1 Å². The van der Waals surface area contributed by atoms with Gasteiger partial charge in [-0.3, -0.25) is 13.5 Å². The van der Waals surface area contributed by atoms with Gasteiger partial charge in [-0.1, -0.05) is 35.9 Å². The van der Waals surface area contributed by atoms with E-state index in [0.717, 1.165) is 4.96 Å². The molecule has 0 unspecified atom stereocenters. The van der Waals surface area contributed by atoms with Crippen LogP contribution in [-0.4, -0.2) is 30.8 Å². The number of nitrogens with zero attached hydrogens (tertiary/aromatic N) is 3. The molecule has 0 fully saturated rings. The van der Waals surface area contributed by atoms with Crippen LogP contribution in [-0.2, 0) is 14.8 Å². The first-order valence-electron chi connectivity index (χ1n) is 9.10. The van der Waals surface area contributed by atoms with Crippen LogP contribution in [0.3, 0.4) is 0 Å². The van der Waals surface area contributed by atoms with Crippen LogP contribution in [0, 0.1) is 0 Å². The maximum atomic E-state index is 13.0. The minimum atomic E-state index is -3.79. The molecule has 4 aromatic rings. The van der Waals surface area contributed by atoms with Crippen LogP contribution in [0.4, 0.5) is 11.4 Å². The first-order valence-corrected chi connectivity index (χ1v) is 11.8. The number of carbonyl (C=O) groups is 1. The lowest BCUT2D eigenvalue weighted by atomic mass is 10.3. The number of imidazole rings is 1. The molecule has 0 aliphatic carbocycles. The summed E-state index contributed by atoms with van der Waals surface area (Å²) in [6, 6.07) is 14.9. The van der Waals surface area contributed by atoms with Crippen LogP contribution in [0.15, 0.2) is 77.1 Å². The molecule has 0 saturated heterocycles. The molecule has 2 aromatic carbocycles. The molecule has 2 aromatic heterocycles. The third-order valence-corrected chi connectivity index (χ3v) is 7.34. The average molecular weight is 473 g/mol. The van der Waals surface area contributed by atoms with Crippen LogP contribution in [0.2, 0.25) is 5.15 Å². The Bertz CT molecular complexity index is 1380. The largest absolute Gasteiger partial charge is 0.322 e. The monoisotopic (exact) mass is 472 g/mol. The molecule has 0 saturated carbocycles. The number of para-hydroxylation sites is 1. The lowest BCUT2D eigenvalue weighted by molar-refractivity contribution is -0.111. The van der Waals surface area contributed by atoms with Gasteiger partial charge in [0.2, 0.25) is 5.91 Å². The number of aromatic nitrogens is 2. The summed E-state index contributed by atoms with van der Waals surface area (Å²) in [5, 5.41) is 4.85. The van der Waals surface area contributed by atoms with Gasteiger partial charge in [0, 0.05) is 30.4 Å². The van der Waals surface area contributed by atoms with Crippen molar-refractivity contribution in [2.75, 3.05) is 16.7 Å². The maximum absolute atomic E-state index is 13.0. The van der Waals surface area contributed by atoms with Crippen molar-refractivity contribution in [3.63, 3.8) is 0 Å². The molecule has 31 heavy (non-hydrogen) atoms. The number of rotatable bonds is 6. The minimum absolute atomic E-state index is 0.0689. The predicted molar refractivity (Wildman–Crippen MR) is 124 cm³/mol. The normalized spacial score (nSPS) is 11.8. The molecular weight excluding hydrogens is 456 g/mol. The van der Waals surface area contributed by atoms with Gasteiger partial charge in [-0.05, 0) is 36.4 Å². The molecule has 1 amide bonds. The van der Waals surface area contributed by atoms with Crippen molar-refractivity contribution in [2.24, 2.45) is 0 Å². The highest BCUT2D eigenvalue weighted by atomic mass is 35.5. The Morgan fingerprint density at radius 3 is 2.74 bits per heavy atom. The van der Waals surface area contributed by atoms with E-state index in [0.29, 0.717) is 22.2 Å². The Labute approximate surface area is 188 Å². The third kappa shape index (κ3) is 4.34. The molecule has 158 valence electrons.